The Morgan fingerprint density at radius 1 is 1.33 bits per heavy atom. The van der Waals surface area contributed by atoms with Gasteiger partial charge in [-0.05, 0) is 31.7 Å². The lowest BCUT2D eigenvalue weighted by Gasteiger charge is -2.37. The summed E-state index contributed by atoms with van der Waals surface area (Å²) in [7, 11) is 0. The average Bonchev–Trinajstić information content (AvgIpc) is 3.16. The van der Waals surface area contributed by atoms with Gasteiger partial charge in [0.2, 0.25) is 0 Å². The number of rotatable bonds is 3. The zero-order chi connectivity index (χ0) is 14.8. The average molecular weight is 291 g/mol. The summed E-state index contributed by atoms with van der Waals surface area (Å²) < 4.78 is 5.40. The molecule has 2 heterocycles. The van der Waals surface area contributed by atoms with E-state index in [0.29, 0.717) is 5.56 Å². The summed E-state index contributed by atoms with van der Waals surface area (Å²) in [5, 5.41) is 10.3. The van der Waals surface area contributed by atoms with Crippen LogP contribution in [-0.4, -0.2) is 34.6 Å². The van der Waals surface area contributed by atoms with Crippen molar-refractivity contribution in [2.24, 2.45) is 5.92 Å². The third-order valence-corrected chi connectivity index (χ3v) is 5.13. The maximum absolute atomic E-state index is 12.8. The smallest absolute Gasteiger partial charge is 0.257 e. The first-order chi connectivity index (χ1) is 10.2. The normalized spacial score (nSPS) is 29.8. The Bertz CT molecular complexity index is 496. The molecule has 1 saturated heterocycles. The Kier molecular flexibility index (Phi) is 4.34. The lowest BCUT2D eigenvalue weighted by atomic mass is 9.80. The van der Waals surface area contributed by atoms with E-state index < -0.39 is 0 Å². The van der Waals surface area contributed by atoms with Crippen molar-refractivity contribution in [1.29, 1.82) is 0 Å². The number of hydrogen-bond donors (Lipinski definition) is 1. The van der Waals surface area contributed by atoms with Crippen LogP contribution in [-0.2, 0) is 6.42 Å². The second-order valence-electron chi connectivity index (χ2n) is 6.33. The maximum atomic E-state index is 12.8. The molecule has 4 heteroatoms. The van der Waals surface area contributed by atoms with Gasteiger partial charge in [-0.1, -0.05) is 19.8 Å². The van der Waals surface area contributed by atoms with E-state index in [2.05, 4.69) is 0 Å². The first-order valence-electron chi connectivity index (χ1n) is 8.27. The van der Waals surface area contributed by atoms with E-state index in [4.69, 9.17) is 4.42 Å². The predicted molar refractivity (Wildman–Crippen MR) is 80.1 cm³/mol. The van der Waals surface area contributed by atoms with Gasteiger partial charge in [-0.15, -0.1) is 0 Å². The van der Waals surface area contributed by atoms with Crippen LogP contribution in [0.15, 0.2) is 16.7 Å². The van der Waals surface area contributed by atoms with E-state index in [1.165, 1.54) is 6.42 Å². The molecule has 0 unspecified atom stereocenters. The first-order valence-corrected chi connectivity index (χ1v) is 8.27. The summed E-state index contributed by atoms with van der Waals surface area (Å²) >= 11 is 0. The Hall–Kier alpha value is -1.29. The van der Waals surface area contributed by atoms with E-state index in [1.54, 1.807) is 12.3 Å². The molecule has 0 aromatic carbocycles. The minimum absolute atomic E-state index is 0.0841. The molecule has 1 aromatic rings. The Labute approximate surface area is 126 Å². The number of carbonyl (C=O) groups excluding carboxylic acids is 1. The van der Waals surface area contributed by atoms with Crippen molar-refractivity contribution < 1.29 is 14.3 Å². The first kappa shape index (κ1) is 14.6. The van der Waals surface area contributed by atoms with Crippen LogP contribution in [0.25, 0.3) is 0 Å². The molecule has 1 aromatic heterocycles. The maximum Gasteiger partial charge on any atom is 0.257 e. The van der Waals surface area contributed by atoms with Crippen molar-refractivity contribution in [2.75, 3.05) is 6.54 Å². The summed E-state index contributed by atoms with van der Waals surface area (Å²) in [5.74, 6) is 1.11. The van der Waals surface area contributed by atoms with Crippen LogP contribution in [0.5, 0.6) is 0 Å². The lowest BCUT2D eigenvalue weighted by Crippen LogP contribution is -2.45. The molecular weight excluding hydrogens is 266 g/mol. The Balaban J connectivity index is 1.78. The second kappa shape index (κ2) is 6.22. The molecule has 1 amide bonds. The summed E-state index contributed by atoms with van der Waals surface area (Å²) in [4.78, 5) is 14.8. The molecule has 4 nitrogen and oxygen atoms in total. The number of nitrogens with zero attached hydrogens (tertiary/aromatic N) is 1. The zero-order valence-corrected chi connectivity index (χ0v) is 12.8. The van der Waals surface area contributed by atoms with E-state index >= 15 is 0 Å². The number of aliphatic hydroxyl groups excluding tert-OH is 1. The van der Waals surface area contributed by atoms with Gasteiger partial charge in [0.1, 0.15) is 5.76 Å². The van der Waals surface area contributed by atoms with Crippen molar-refractivity contribution in [3.05, 3.63) is 23.7 Å². The quantitative estimate of drug-likeness (QED) is 0.931. The molecule has 3 atom stereocenters. The number of amides is 1. The topological polar surface area (TPSA) is 53.7 Å². The SMILES string of the molecule is CCc1occc1C(=O)N1CCC[C@@H]1[C@@H]1CCCC[C@@H]1O. The van der Waals surface area contributed by atoms with Crippen LogP contribution < -0.4 is 0 Å². The standard InChI is InChI=1S/C17H25NO3/c1-2-16-13(9-11-21-16)17(20)18-10-5-7-14(18)12-6-3-4-8-15(12)19/h9,11-12,14-15,19H,2-8,10H2,1H3/t12-,14+,15-/m0/s1. The fourth-order valence-electron chi connectivity index (χ4n) is 4.04. The van der Waals surface area contributed by atoms with Crippen molar-refractivity contribution in [1.82, 2.24) is 4.90 Å². The van der Waals surface area contributed by atoms with E-state index in [9.17, 15) is 9.90 Å². The molecule has 3 rings (SSSR count). The van der Waals surface area contributed by atoms with Gasteiger partial charge in [-0.3, -0.25) is 4.79 Å². The highest BCUT2D eigenvalue weighted by atomic mass is 16.3. The van der Waals surface area contributed by atoms with Gasteiger partial charge in [0.15, 0.2) is 0 Å². The van der Waals surface area contributed by atoms with Crippen molar-refractivity contribution >= 4 is 5.91 Å². The van der Waals surface area contributed by atoms with E-state index in [-0.39, 0.29) is 24.0 Å². The largest absolute Gasteiger partial charge is 0.469 e. The molecule has 1 aliphatic heterocycles. The van der Waals surface area contributed by atoms with Crippen molar-refractivity contribution in [3.63, 3.8) is 0 Å². The van der Waals surface area contributed by atoms with Gasteiger partial charge in [0, 0.05) is 24.9 Å². The van der Waals surface area contributed by atoms with Crippen LogP contribution >= 0.6 is 0 Å². The van der Waals surface area contributed by atoms with Crippen LogP contribution in [0, 0.1) is 5.92 Å². The van der Waals surface area contributed by atoms with Gasteiger partial charge in [-0.25, -0.2) is 0 Å². The number of aryl methyl sites for hydroxylation is 1. The van der Waals surface area contributed by atoms with E-state index in [1.807, 2.05) is 11.8 Å². The molecule has 2 aliphatic rings. The summed E-state index contributed by atoms with van der Waals surface area (Å²) in [5.41, 5.74) is 0.703. The molecule has 0 spiro atoms. The number of carbonyl (C=O) groups is 1. The summed E-state index contributed by atoms with van der Waals surface area (Å²) in [6, 6.07) is 1.99. The summed E-state index contributed by atoms with van der Waals surface area (Å²) in [6.07, 6.45) is 8.37. The fraction of sp³-hybridized carbons (Fsp3) is 0.706. The molecule has 1 aliphatic carbocycles. The zero-order valence-electron chi connectivity index (χ0n) is 12.8. The third kappa shape index (κ3) is 2.73. The predicted octanol–water partition coefficient (Wildman–Crippen LogP) is 3.00. The molecule has 1 N–H and O–H groups in total. The second-order valence-corrected chi connectivity index (χ2v) is 6.33. The lowest BCUT2D eigenvalue weighted by molar-refractivity contribution is 0.0211. The number of furan rings is 1. The van der Waals surface area contributed by atoms with Crippen molar-refractivity contribution in [2.45, 2.75) is 64.0 Å². The molecular formula is C17H25NO3. The van der Waals surface area contributed by atoms with Gasteiger partial charge in [0.05, 0.1) is 17.9 Å². The number of aliphatic hydroxyl groups is 1. The Morgan fingerprint density at radius 2 is 2.14 bits per heavy atom. The minimum atomic E-state index is -0.243. The highest BCUT2D eigenvalue weighted by molar-refractivity contribution is 5.95. The number of likely N-dealkylation sites (tertiary alicyclic amines) is 1. The van der Waals surface area contributed by atoms with Crippen LogP contribution in [0.3, 0.4) is 0 Å². The van der Waals surface area contributed by atoms with Gasteiger partial charge >= 0.3 is 0 Å². The van der Waals surface area contributed by atoms with Crippen LogP contribution in [0.2, 0.25) is 0 Å². The third-order valence-electron chi connectivity index (χ3n) is 5.13. The summed E-state index contributed by atoms with van der Waals surface area (Å²) in [6.45, 7) is 2.81. The molecule has 116 valence electrons. The van der Waals surface area contributed by atoms with E-state index in [0.717, 1.165) is 50.8 Å². The highest BCUT2D eigenvalue weighted by Gasteiger charge is 2.39. The molecule has 0 radical (unpaired) electrons. The highest BCUT2D eigenvalue weighted by Crippen LogP contribution is 2.35. The monoisotopic (exact) mass is 291 g/mol. The molecule has 2 fully saturated rings. The molecule has 21 heavy (non-hydrogen) atoms. The minimum Gasteiger partial charge on any atom is -0.469 e. The Morgan fingerprint density at radius 3 is 2.90 bits per heavy atom. The van der Waals surface area contributed by atoms with Gasteiger partial charge in [0.25, 0.3) is 5.91 Å². The van der Waals surface area contributed by atoms with Gasteiger partial charge < -0.3 is 14.4 Å². The molecule has 0 bridgehead atoms. The van der Waals surface area contributed by atoms with Crippen molar-refractivity contribution in [3.8, 4) is 0 Å². The van der Waals surface area contributed by atoms with Crippen LogP contribution in [0.1, 0.15) is 61.6 Å². The molecule has 1 saturated carbocycles. The number of hydrogen-bond acceptors (Lipinski definition) is 3. The van der Waals surface area contributed by atoms with Gasteiger partial charge in [-0.2, -0.15) is 0 Å². The van der Waals surface area contributed by atoms with Crippen LogP contribution in [0.4, 0.5) is 0 Å². The fourth-order valence-corrected chi connectivity index (χ4v) is 4.04.